The van der Waals surface area contributed by atoms with Crippen molar-refractivity contribution in [3.05, 3.63) is 34.9 Å². The van der Waals surface area contributed by atoms with E-state index in [1.54, 1.807) is 25.2 Å². The highest BCUT2D eigenvalue weighted by Crippen LogP contribution is 2.18. The van der Waals surface area contributed by atoms with E-state index in [-0.39, 0.29) is 28.1 Å². The van der Waals surface area contributed by atoms with Gasteiger partial charge >= 0.3 is 0 Å². The number of rotatable bonds is 3. The Labute approximate surface area is 120 Å². The molecule has 0 aliphatic heterocycles. The molecule has 5 nitrogen and oxygen atoms in total. The highest BCUT2D eigenvalue weighted by atomic mass is 79.9. The molecule has 0 aromatic heterocycles. The fraction of sp³-hybridized carbons (Fsp3) is 0.182. The second kappa shape index (κ2) is 7.74. The molecule has 0 heterocycles. The fourth-order valence-electron chi connectivity index (χ4n) is 1.29. The van der Waals surface area contributed by atoms with Gasteiger partial charge in [0.25, 0.3) is 5.91 Å². The molecule has 1 amide bonds. The van der Waals surface area contributed by atoms with Gasteiger partial charge in [-0.1, -0.05) is 11.8 Å². The number of thioether (sulfide) groups is 1. The summed E-state index contributed by atoms with van der Waals surface area (Å²) in [5, 5.41) is 18.5. The first-order chi connectivity index (χ1) is 8.08. The molecule has 0 aliphatic rings. The number of nitriles is 1. The third-order valence-corrected chi connectivity index (χ3v) is 2.86. The minimum atomic E-state index is -0.214. The van der Waals surface area contributed by atoms with Crippen molar-refractivity contribution >= 4 is 39.8 Å². The molecule has 0 atom stereocenters. The Hall–Kier alpha value is -1.52. The lowest BCUT2D eigenvalue weighted by molar-refractivity contribution is 0.0962. The van der Waals surface area contributed by atoms with E-state index in [0.29, 0.717) is 22.4 Å². The van der Waals surface area contributed by atoms with E-state index >= 15 is 0 Å². The number of nitrogens with zero attached hydrogens (tertiary/aromatic N) is 1. The number of carbonyl (C=O) groups is 1. The van der Waals surface area contributed by atoms with Crippen LogP contribution >= 0.6 is 28.7 Å². The van der Waals surface area contributed by atoms with E-state index in [9.17, 15) is 4.79 Å². The van der Waals surface area contributed by atoms with Crippen LogP contribution < -0.4 is 11.1 Å². The zero-order valence-electron chi connectivity index (χ0n) is 9.69. The molecule has 0 aliphatic carbocycles. The molecule has 0 saturated heterocycles. The van der Waals surface area contributed by atoms with Crippen molar-refractivity contribution in [1.82, 2.24) is 5.32 Å². The number of nitrogens with one attached hydrogen (secondary N) is 2. The number of amides is 1. The van der Waals surface area contributed by atoms with E-state index < -0.39 is 0 Å². The van der Waals surface area contributed by atoms with Crippen molar-refractivity contribution in [2.75, 3.05) is 7.05 Å². The van der Waals surface area contributed by atoms with Crippen molar-refractivity contribution in [2.24, 2.45) is 5.73 Å². The van der Waals surface area contributed by atoms with E-state index in [0.717, 1.165) is 11.8 Å². The van der Waals surface area contributed by atoms with Crippen LogP contribution in [0.25, 0.3) is 0 Å². The summed E-state index contributed by atoms with van der Waals surface area (Å²) in [5.74, 6) is 0.182. The van der Waals surface area contributed by atoms with Gasteiger partial charge in [-0.05, 0) is 23.8 Å². The molecule has 0 bridgehead atoms. The minimum Gasteiger partial charge on any atom is -0.379 e. The van der Waals surface area contributed by atoms with Gasteiger partial charge in [0.1, 0.15) is 0 Å². The summed E-state index contributed by atoms with van der Waals surface area (Å²) in [6.45, 7) is 0. The number of nitrogens with two attached hydrogens (primary N) is 1. The maximum absolute atomic E-state index is 11.6. The van der Waals surface area contributed by atoms with Gasteiger partial charge in [-0.15, -0.1) is 17.0 Å². The Kier molecular flexibility index (Phi) is 7.08. The number of amidine groups is 1. The van der Waals surface area contributed by atoms with Gasteiger partial charge in [0.15, 0.2) is 5.17 Å². The normalized spacial score (nSPS) is 8.89. The number of carbonyl (C=O) groups excluding carboxylic acids is 1. The van der Waals surface area contributed by atoms with Gasteiger partial charge in [0, 0.05) is 18.4 Å². The highest BCUT2D eigenvalue weighted by Gasteiger charge is 2.11. The fourth-order valence-corrected chi connectivity index (χ4v) is 1.84. The maximum atomic E-state index is 11.6. The molecule has 96 valence electrons. The topological polar surface area (TPSA) is 103 Å². The van der Waals surface area contributed by atoms with Crippen molar-refractivity contribution in [2.45, 2.75) is 5.75 Å². The second-order valence-corrected chi connectivity index (χ2v) is 4.23. The first-order valence-electron chi connectivity index (χ1n) is 4.80. The Balaban J connectivity index is 0.00000289. The van der Waals surface area contributed by atoms with Crippen LogP contribution in [0, 0.1) is 16.7 Å². The number of hydrogen-bond acceptors (Lipinski definition) is 4. The summed E-state index contributed by atoms with van der Waals surface area (Å²) in [4.78, 5) is 11.6. The summed E-state index contributed by atoms with van der Waals surface area (Å²) in [5.41, 5.74) is 6.93. The molecule has 0 unspecified atom stereocenters. The summed E-state index contributed by atoms with van der Waals surface area (Å²) in [6, 6.07) is 6.85. The van der Waals surface area contributed by atoms with Gasteiger partial charge in [-0.25, -0.2) is 0 Å². The average molecular weight is 329 g/mol. The second-order valence-electron chi connectivity index (χ2n) is 3.22. The Morgan fingerprint density at radius 1 is 1.61 bits per heavy atom. The monoisotopic (exact) mass is 328 g/mol. The van der Waals surface area contributed by atoms with Crippen molar-refractivity contribution in [3.8, 4) is 6.07 Å². The lowest BCUT2D eigenvalue weighted by atomic mass is 10.1. The van der Waals surface area contributed by atoms with Gasteiger partial charge in [-0.3, -0.25) is 10.2 Å². The van der Waals surface area contributed by atoms with Crippen molar-refractivity contribution in [1.29, 1.82) is 10.7 Å². The van der Waals surface area contributed by atoms with Crippen molar-refractivity contribution in [3.63, 3.8) is 0 Å². The molecule has 0 fully saturated rings. The Bertz CT molecular complexity index is 498. The molecule has 4 N–H and O–H groups in total. The van der Waals surface area contributed by atoms with Gasteiger partial charge in [0.05, 0.1) is 11.6 Å². The lowest BCUT2D eigenvalue weighted by Gasteiger charge is -2.08. The van der Waals surface area contributed by atoms with Crippen LogP contribution in [-0.2, 0) is 5.75 Å². The van der Waals surface area contributed by atoms with Crippen molar-refractivity contribution < 1.29 is 4.79 Å². The third-order valence-electron chi connectivity index (χ3n) is 2.09. The van der Waals surface area contributed by atoms with Gasteiger partial charge in [-0.2, -0.15) is 5.26 Å². The molecular weight excluding hydrogens is 316 g/mol. The molecule has 0 saturated carbocycles. The van der Waals surface area contributed by atoms with Crippen LogP contribution in [-0.4, -0.2) is 18.1 Å². The maximum Gasteiger partial charge on any atom is 0.251 e. The van der Waals surface area contributed by atoms with Crippen LogP contribution in [0.2, 0.25) is 0 Å². The molecule has 7 heteroatoms. The molecule has 18 heavy (non-hydrogen) atoms. The first-order valence-corrected chi connectivity index (χ1v) is 5.79. The molecular formula is C11H13BrN4OS. The summed E-state index contributed by atoms with van der Waals surface area (Å²) in [6.07, 6.45) is 0. The SMILES string of the molecule is Br.CNC(=O)c1ccc(C#N)cc1CSC(=N)N. The van der Waals surface area contributed by atoms with Crippen LogP contribution in [0.1, 0.15) is 21.5 Å². The van der Waals surface area contributed by atoms with Crippen LogP contribution in [0.15, 0.2) is 18.2 Å². The average Bonchev–Trinajstić information content (AvgIpc) is 2.34. The van der Waals surface area contributed by atoms with E-state index in [1.807, 2.05) is 6.07 Å². The molecule has 1 rings (SSSR count). The lowest BCUT2D eigenvalue weighted by Crippen LogP contribution is -2.19. The van der Waals surface area contributed by atoms with E-state index in [1.165, 1.54) is 0 Å². The third kappa shape index (κ3) is 4.39. The van der Waals surface area contributed by atoms with Gasteiger partial charge < -0.3 is 11.1 Å². The van der Waals surface area contributed by atoms with Crippen LogP contribution in [0.5, 0.6) is 0 Å². The number of hydrogen-bond donors (Lipinski definition) is 3. The first kappa shape index (κ1) is 16.5. The van der Waals surface area contributed by atoms with Crippen LogP contribution in [0.4, 0.5) is 0 Å². The zero-order valence-corrected chi connectivity index (χ0v) is 12.2. The largest absolute Gasteiger partial charge is 0.379 e. The van der Waals surface area contributed by atoms with Crippen LogP contribution in [0.3, 0.4) is 0 Å². The highest BCUT2D eigenvalue weighted by molar-refractivity contribution is 8.93. The molecule has 0 spiro atoms. The smallest absolute Gasteiger partial charge is 0.251 e. The Morgan fingerprint density at radius 3 is 2.78 bits per heavy atom. The standard InChI is InChI=1S/C11H12N4OS.BrH/c1-15-10(16)9-3-2-7(5-12)4-8(9)6-17-11(13)14;/h2-4H,6H2,1H3,(H3,13,14)(H,15,16);1H. The zero-order chi connectivity index (χ0) is 12.8. The summed E-state index contributed by atoms with van der Waals surface area (Å²) in [7, 11) is 1.54. The summed E-state index contributed by atoms with van der Waals surface area (Å²) < 4.78 is 0. The quantitative estimate of drug-likeness (QED) is 0.579. The summed E-state index contributed by atoms with van der Waals surface area (Å²) >= 11 is 1.12. The predicted octanol–water partition coefficient (Wildman–Crippen LogP) is 1.62. The molecule has 1 aromatic carbocycles. The molecule has 0 radical (unpaired) electrons. The van der Waals surface area contributed by atoms with E-state index in [2.05, 4.69) is 5.32 Å². The number of benzene rings is 1. The van der Waals surface area contributed by atoms with E-state index in [4.69, 9.17) is 16.4 Å². The minimum absolute atomic E-state index is 0. The Morgan fingerprint density at radius 2 is 2.28 bits per heavy atom. The predicted molar refractivity (Wildman–Crippen MR) is 78.1 cm³/mol. The van der Waals surface area contributed by atoms with Gasteiger partial charge in [0.2, 0.25) is 0 Å². The number of halogens is 1. The molecule has 1 aromatic rings.